The van der Waals surface area contributed by atoms with Crippen LogP contribution in [0.25, 0.3) is 0 Å². The molecule has 0 unspecified atom stereocenters. The summed E-state index contributed by atoms with van der Waals surface area (Å²) in [5, 5.41) is 22.2. The predicted octanol–water partition coefficient (Wildman–Crippen LogP) is 6.03. The number of carbonyl (C=O) groups excluding carboxylic acids is 1. The number of aliphatic hydroxyl groups excluding tert-OH is 1. The SMILES string of the molecule is COc1c([C@@H](O)CC(C)C)ccc2c1C(=O)OCc1cc(C)cc(OCc3ccccc3[N+](=O)[O-])c1O2. The van der Waals surface area contributed by atoms with Gasteiger partial charge in [0.2, 0.25) is 0 Å². The number of methoxy groups -OCH3 is 1. The summed E-state index contributed by atoms with van der Waals surface area (Å²) in [5.41, 5.74) is 2.31. The van der Waals surface area contributed by atoms with E-state index in [-0.39, 0.29) is 41.9 Å². The molecule has 0 aliphatic carbocycles. The van der Waals surface area contributed by atoms with Gasteiger partial charge in [-0.25, -0.2) is 4.79 Å². The Labute approximate surface area is 214 Å². The van der Waals surface area contributed by atoms with Crippen LogP contribution >= 0.6 is 0 Å². The molecular formula is C28H29NO8. The lowest BCUT2D eigenvalue weighted by molar-refractivity contribution is -0.385. The average Bonchev–Trinajstić information content (AvgIpc) is 2.85. The molecule has 0 saturated carbocycles. The highest BCUT2D eigenvalue weighted by molar-refractivity contribution is 5.96. The van der Waals surface area contributed by atoms with Crippen molar-refractivity contribution in [2.75, 3.05) is 7.11 Å². The second-order valence-corrected chi connectivity index (χ2v) is 9.31. The number of aryl methyl sites for hydroxylation is 1. The summed E-state index contributed by atoms with van der Waals surface area (Å²) in [5.74, 6) is 0.631. The molecule has 3 aromatic carbocycles. The monoisotopic (exact) mass is 507 g/mol. The van der Waals surface area contributed by atoms with E-state index in [2.05, 4.69) is 0 Å². The number of rotatable bonds is 8. The first-order valence-corrected chi connectivity index (χ1v) is 11.9. The van der Waals surface area contributed by atoms with Crippen molar-refractivity contribution in [3.63, 3.8) is 0 Å². The van der Waals surface area contributed by atoms with Crippen LogP contribution in [0, 0.1) is 23.0 Å². The van der Waals surface area contributed by atoms with Crippen molar-refractivity contribution < 1.29 is 33.8 Å². The van der Waals surface area contributed by atoms with Crippen LogP contribution in [0.4, 0.5) is 5.69 Å². The summed E-state index contributed by atoms with van der Waals surface area (Å²) < 4.78 is 23.4. The maximum absolute atomic E-state index is 13.1. The fourth-order valence-electron chi connectivity index (χ4n) is 4.35. The maximum Gasteiger partial charge on any atom is 0.346 e. The number of fused-ring (bicyclic) bond motifs is 2. The maximum atomic E-state index is 13.1. The first-order chi connectivity index (χ1) is 17.7. The third-order valence-corrected chi connectivity index (χ3v) is 6.03. The second kappa shape index (κ2) is 10.9. The topological polar surface area (TPSA) is 117 Å². The molecule has 3 aromatic rings. The Morgan fingerprint density at radius 1 is 1.16 bits per heavy atom. The van der Waals surface area contributed by atoms with Crippen molar-refractivity contribution in [2.45, 2.75) is 46.5 Å². The van der Waals surface area contributed by atoms with Gasteiger partial charge in [-0.05, 0) is 55.2 Å². The molecule has 1 atom stereocenters. The zero-order chi connectivity index (χ0) is 26.7. The zero-order valence-electron chi connectivity index (χ0n) is 21.1. The van der Waals surface area contributed by atoms with E-state index in [1.165, 1.54) is 13.2 Å². The van der Waals surface area contributed by atoms with Crippen molar-refractivity contribution in [2.24, 2.45) is 5.92 Å². The van der Waals surface area contributed by atoms with Crippen LogP contribution in [-0.4, -0.2) is 23.1 Å². The minimum absolute atomic E-state index is 0.0459. The highest BCUT2D eigenvalue weighted by Crippen LogP contribution is 2.44. The number of ether oxygens (including phenoxy) is 4. The van der Waals surface area contributed by atoms with Crippen LogP contribution in [0.3, 0.4) is 0 Å². The van der Waals surface area contributed by atoms with Crippen molar-refractivity contribution in [3.8, 4) is 23.0 Å². The summed E-state index contributed by atoms with van der Waals surface area (Å²) >= 11 is 0. The number of esters is 1. The molecule has 4 rings (SSSR count). The Morgan fingerprint density at radius 3 is 2.62 bits per heavy atom. The number of benzene rings is 3. The molecule has 0 aromatic heterocycles. The molecule has 0 fully saturated rings. The first kappa shape index (κ1) is 26.0. The van der Waals surface area contributed by atoms with Gasteiger partial charge in [0.25, 0.3) is 5.69 Å². The molecule has 37 heavy (non-hydrogen) atoms. The van der Waals surface area contributed by atoms with Gasteiger partial charge in [0.1, 0.15) is 30.3 Å². The van der Waals surface area contributed by atoms with E-state index in [1.54, 1.807) is 36.4 Å². The van der Waals surface area contributed by atoms with E-state index in [0.717, 1.165) is 5.56 Å². The molecule has 9 heteroatoms. The minimum Gasteiger partial charge on any atom is -0.495 e. The normalized spacial score (nSPS) is 13.4. The highest BCUT2D eigenvalue weighted by atomic mass is 16.6. The third kappa shape index (κ3) is 5.51. The van der Waals surface area contributed by atoms with Crippen LogP contribution in [0.2, 0.25) is 0 Å². The number of para-hydroxylation sites is 1. The molecule has 0 bridgehead atoms. The van der Waals surface area contributed by atoms with Gasteiger partial charge in [0.05, 0.1) is 23.7 Å². The van der Waals surface area contributed by atoms with Gasteiger partial charge in [-0.15, -0.1) is 0 Å². The molecule has 1 aliphatic rings. The minimum atomic E-state index is -0.839. The Hall–Kier alpha value is -4.11. The van der Waals surface area contributed by atoms with E-state index in [0.29, 0.717) is 34.6 Å². The molecule has 9 nitrogen and oxygen atoms in total. The molecule has 0 amide bonds. The summed E-state index contributed by atoms with van der Waals surface area (Å²) in [6, 6.07) is 13.2. The van der Waals surface area contributed by atoms with Crippen LogP contribution in [-0.2, 0) is 18.0 Å². The molecule has 0 radical (unpaired) electrons. The van der Waals surface area contributed by atoms with Crippen LogP contribution in [0.15, 0.2) is 48.5 Å². The summed E-state index contributed by atoms with van der Waals surface area (Å²) in [6.07, 6.45) is -0.356. The number of hydrogen-bond acceptors (Lipinski definition) is 8. The Morgan fingerprint density at radius 2 is 1.92 bits per heavy atom. The Kier molecular flexibility index (Phi) is 7.63. The fourth-order valence-corrected chi connectivity index (χ4v) is 4.35. The van der Waals surface area contributed by atoms with Gasteiger partial charge in [0, 0.05) is 17.2 Å². The second-order valence-electron chi connectivity index (χ2n) is 9.31. The molecular weight excluding hydrogens is 478 g/mol. The first-order valence-electron chi connectivity index (χ1n) is 11.9. The number of carbonyl (C=O) groups is 1. The number of hydrogen-bond donors (Lipinski definition) is 1. The number of nitro groups is 1. The van der Waals surface area contributed by atoms with Crippen molar-refractivity contribution >= 4 is 11.7 Å². The molecule has 1 N–H and O–H groups in total. The molecule has 0 spiro atoms. The smallest absolute Gasteiger partial charge is 0.346 e. The standard InChI is InChI=1S/C28H29NO8/c1-16(2)11-22(30)20-9-10-23-25(27(20)34-4)28(31)36-15-19-12-17(3)13-24(26(19)37-23)35-14-18-7-5-6-8-21(18)29(32)33/h5-10,12-13,16,22,30H,11,14-15H2,1-4H3/t22-/m0/s1. The van der Waals surface area contributed by atoms with Crippen molar-refractivity contribution in [1.82, 2.24) is 0 Å². The number of aliphatic hydroxyl groups is 1. The lowest BCUT2D eigenvalue weighted by Gasteiger charge is -2.24. The van der Waals surface area contributed by atoms with Crippen LogP contribution in [0.5, 0.6) is 23.0 Å². The van der Waals surface area contributed by atoms with E-state index in [1.807, 2.05) is 26.8 Å². The molecule has 194 valence electrons. The van der Waals surface area contributed by atoms with Gasteiger partial charge < -0.3 is 24.1 Å². The van der Waals surface area contributed by atoms with Crippen molar-refractivity contribution in [1.29, 1.82) is 0 Å². The zero-order valence-corrected chi connectivity index (χ0v) is 21.1. The third-order valence-electron chi connectivity index (χ3n) is 6.03. The van der Waals surface area contributed by atoms with Gasteiger partial charge >= 0.3 is 5.97 Å². The summed E-state index contributed by atoms with van der Waals surface area (Å²) in [4.78, 5) is 24.0. The summed E-state index contributed by atoms with van der Waals surface area (Å²) in [7, 11) is 1.42. The van der Waals surface area contributed by atoms with Gasteiger partial charge in [-0.1, -0.05) is 26.0 Å². The van der Waals surface area contributed by atoms with E-state index in [4.69, 9.17) is 18.9 Å². The molecule has 0 saturated heterocycles. The van der Waals surface area contributed by atoms with E-state index >= 15 is 0 Å². The van der Waals surface area contributed by atoms with E-state index < -0.39 is 17.0 Å². The highest BCUT2D eigenvalue weighted by Gasteiger charge is 2.30. The lowest BCUT2D eigenvalue weighted by Crippen LogP contribution is -2.15. The molecule has 1 aliphatic heterocycles. The van der Waals surface area contributed by atoms with E-state index in [9.17, 15) is 20.0 Å². The fraction of sp³-hybridized carbons (Fsp3) is 0.321. The van der Waals surface area contributed by atoms with Gasteiger partial charge in [-0.2, -0.15) is 0 Å². The quantitative estimate of drug-likeness (QED) is 0.223. The Balaban J connectivity index is 1.75. The number of nitro benzene ring substituents is 1. The van der Waals surface area contributed by atoms with Crippen molar-refractivity contribution in [3.05, 3.63) is 86.5 Å². The van der Waals surface area contributed by atoms with Crippen LogP contribution in [0.1, 0.15) is 59.0 Å². The number of cyclic esters (lactones) is 1. The predicted molar refractivity (Wildman–Crippen MR) is 135 cm³/mol. The molecule has 1 heterocycles. The van der Waals surface area contributed by atoms with Gasteiger partial charge in [0.15, 0.2) is 11.5 Å². The van der Waals surface area contributed by atoms with Gasteiger partial charge in [-0.3, -0.25) is 10.1 Å². The average molecular weight is 508 g/mol. The van der Waals surface area contributed by atoms with Crippen LogP contribution < -0.4 is 14.2 Å². The summed E-state index contributed by atoms with van der Waals surface area (Å²) in [6.45, 7) is 5.69. The number of nitrogens with zero attached hydrogens (tertiary/aromatic N) is 1. The lowest BCUT2D eigenvalue weighted by atomic mass is 9.96. The largest absolute Gasteiger partial charge is 0.495 e. The Bertz CT molecular complexity index is 1330.